The van der Waals surface area contributed by atoms with Crippen LogP contribution in [0.15, 0.2) is 115 Å². The predicted octanol–water partition coefficient (Wildman–Crippen LogP) is 5.20. The van der Waals surface area contributed by atoms with E-state index in [1.54, 1.807) is 24.3 Å². The van der Waals surface area contributed by atoms with Crippen LogP contribution in [0.2, 0.25) is 0 Å². The summed E-state index contributed by atoms with van der Waals surface area (Å²) in [5.41, 5.74) is 2.71. The summed E-state index contributed by atoms with van der Waals surface area (Å²) in [5, 5.41) is 16.6. The lowest BCUT2D eigenvalue weighted by atomic mass is 10.1. The van der Waals surface area contributed by atoms with Crippen molar-refractivity contribution in [2.75, 3.05) is 18.5 Å². The number of carbonyl (C=O) groups excluding carboxylic acids is 1. The summed E-state index contributed by atoms with van der Waals surface area (Å²) in [4.78, 5) is 13.1. The Balaban J connectivity index is 1.34. The lowest BCUT2D eigenvalue weighted by Crippen LogP contribution is -2.47. The van der Waals surface area contributed by atoms with Crippen molar-refractivity contribution in [2.45, 2.75) is 25.2 Å². The molecule has 0 spiro atoms. The van der Waals surface area contributed by atoms with Gasteiger partial charge in [-0.15, -0.1) is 0 Å². The summed E-state index contributed by atoms with van der Waals surface area (Å²) >= 11 is 0. The molecule has 0 fully saturated rings. The first-order chi connectivity index (χ1) is 18.2. The first kappa shape index (κ1) is 26.1. The van der Waals surface area contributed by atoms with Crippen LogP contribution in [0.25, 0.3) is 0 Å². The van der Waals surface area contributed by atoms with E-state index in [0.717, 1.165) is 16.9 Å². The van der Waals surface area contributed by atoms with Crippen LogP contribution in [0.1, 0.15) is 11.1 Å². The Morgan fingerprint density at radius 3 is 1.95 bits per heavy atom. The van der Waals surface area contributed by atoms with Crippen LogP contribution in [0.3, 0.4) is 0 Å². The van der Waals surface area contributed by atoms with Gasteiger partial charge in [0, 0.05) is 12.2 Å². The van der Waals surface area contributed by atoms with Gasteiger partial charge in [0.05, 0.1) is 19.3 Å². The number of anilines is 1. The van der Waals surface area contributed by atoms with Crippen LogP contribution >= 0.6 is 0 Å². The van der Waals surface area contributed by atoms with Crippen molar-refractivity contribution in [1.82, 2.24) is 5.32 Å². The third-order valence-corrected chi connectivity index (χ3v) is 5.73. The van der Waals surface area contributed by atoms with Crippen LogP contribution in [0.5, 0.6) is 11.5 Å². The third kappa shape index (κ3) is 8.88. The van der Waals surface area contributed by atoms with E-state index in [9.17, 15) is 9.90 Å². The van der Waals surface area contributed by atoms with Gasteiger partial charge in [-0.2, -0.15) is 0 Å². The van der Waals surface area contributed by atoms with Gasteiger partial charge in [-0.3, -0.25) is 4.79 Å². The zero-order valence-corrected chi connectivity index (χ0v) is 20.6. The van der Waals surface area contributed by atoms with Gasteiger partial charge in [-0.05, 0) is 53.9 Å². The van der Waals surface area contributed by atoms with Gasteiger partial charge in [0.1, 0.15) is 17.5 Å². The smallest absolute Gasteiger partial charge is 0.243 e. The number of para-hydroxylation sites is 1. The molecular weight excluding hydrogens is 464 g/mol. The van der Waals surface area contributed by atoms with Gasteiger partial charge in [0.2, 0.25) is 5.91 Å². The minimum absolute atomic E-state index is 0.161. The molecule has 0 aliphatic carbocycles. The number of hydrogen-bond donors (Lipinski definition) is 3. The molecular formula is C31H32N2O4. The second-order valence-electron chi connectivity index (χ2n) is 8.73. The van der Waals surface area contributed by atoms with Crippen LogP contribution in [-0.4, -0.2) is 36.3 Å². The maximum atomic E-state index is 13.1. The molecule has 2 atom stereocenters. The maximum Gasteiger partial charge on any atom is 0.243 e. The fraction of sp³-hybridized carbons (Fsp3) is 0.194. The van der Waals surface area contributed by atoms with E-state index >= 15 is 0 Å². The Morgan fingerprint density at radius 2 is 1.30 bits per heavy atom. The summed E-state index contributed by atoms with van der Waals surface area (Å²) < 4.78 is 11.7. The minimum atomic E-state index is -0.644. The average molecular weight is 497 g/mol. The first-order valence-electron chi connectivity index (χ1n) is 12.4. The molecule has 4 aromatic rings. The van der Waals surface area contributed by atoms with E-state index in [1.807, 2.05) is 91.0 Å². The molecule has 6 heteroatoms. The van der Waals surface area contributed by atoms with E-state index in [2.05, 4.69) is 10.6 Å². The summed E-state index contributed by atoms with van der Waals surface area (Å²) in [5.74, 6) is 1.18. The van der Waals surface area contributed by atoms with Crippen LogP contribution in [0.4, 0.5) is 5.69 Å². The van der Waals surface area contributed by atoms with Crippen LogP contribution in [-0.2, 0) is 22.6 Å². The van der Waals surface area contributed by atoms with Gasteiger partial charge in [-0.25, -0.2) is 0 Å². The second-order valence-corrected chi connectivity index (χ2v) is 8.73. The number of hydrogen-bond acceptors (Lipinski definition) is 5. The summed E-state index contributed by atoms with van der Waals surface area (Å²) in [6.45, 7) is 0.809. The molecule has 0 heterocycles. The Labute approximate surface area is 217 Å². The fourth-order valence-corrected chi connectivity index (χ4v) is 3.79. The molecule has 190 valence electrons. The highest BCUT2D eigenvalue weighted by molar-refractivity contribution is 5.95. The Bertz CT molecular complexity index is 1200. The number of ether oxygens (including phenoxy) is 2. The molecule has 2 unspecified atom stereocenters. The predicted molar refractivity (Wildman–Crippen MR) is 146 cm³/mol. The van der Waals surface area contributed by atoms with Gasteiger partial charge in [0.25, 0.3) is 0 Å². The van der Waals surface area contributed by atoms with E-state index < -0.39 is 12.1 Å². The molecule has 0 radical (unpaired) electrons. The van der Waals surface area contributed by atoms with Crippen molar-refractivity contribution in [3.8, 4) is 11.5 Å². The molecule has 4 aromatic carbocycles. The number of carbonyl (C=O) groups is 1. The average Bonchev–Trinajstić information content (AvgIpc) is 2.93. The van der Waals surface area contributed by atoms with E-state index in [1.165, 1.54) is 0 Å². The zero-order valence-electron chi connectivity index (χ0n) is 20.6. The highest BCUT2D eigenvalue weighted by atomic mass is 16.5. The molecule has 3 N–H and O–H groups in total. The topological polar surface area (TPSA) is 79.8 Å². The Hall–Kier alpha value is -3.97. The molecule has 0 saturated carbocycles. The van der Waals surface area contributed by atoms with E-state index in [-0.39, 0.29) is 19.1 Å². The van der Waals surface area contributed by atoms with E-state index in [4.69, 9.17) is 9.47 Å². The lowest BCUT2D eigenvalue weighted by molar-refractivity contribution is -0.119. The molecule has 0 saturated heterocycles. The first-order valence-corrected chi connectivity index (χ1v) is 12.4. The summed E-state index contributed by atoms with van der Waals surface area (Å²) in [7, 11) is 0. The molecule has 37 heavy (non-hydrogen) atoms. The number of benzene rings is 4. The van der Waals surface area contributed by atoms with Crippen LogP contribution in [0, 0.1) is 0 Å². The number of rotatable bonds is 13. The number of amides is 1. The van der Waals surface area contributed by atoms with Gasteiger partial charge >= 0.3 is 0 Å². The number of nitrogens with one attached hydrogen (secondary N) is 2. The van der Waals surface area contributed by atoms with Gasteiger partial charge in [-0.1, -0.05) is 78.9 Å². The van der Waals surface area contributed by atoms with Crippen molar-refractivity contribution in [3.05, 3.63) is 126 Å². The monoisotopic (exact) mass is 496 g/mol. The van der Waals surface area contributed by atoms with Gasteiger partial charge < -0.3 is 25.2 Å². The standard InChI is InChI=1S/C31H32N2O4/c34-27(20-24-10-4-1-5-11-24)21-32-30(23-36-22-25-12-6-2-7-13-25)31(35)33-26-16-18-29(19-17-26)37-28-14-8-3-9-15-28/h1-19,27,30,32,34H,20-23H2,(H,33,35). The molecule has 0 bridgehead atoms. The fourth-order valence-electron chi connectivity index (χ4n) is 3.79. The molecule has 0 aliphatic rings. The third-order valence-electron chi connectivity index (χ3n) is 5.73. The summed E-state index contributed by atoms with van der Waals surface area (Å²) in [6.07, 6.45) is -0.142. The highest BCUT2D eigenvalue weighted by Crippen LogP contribution is 2.22. The van der Waals surface area contributed by atoms with Crippen molar-refractivity contribution >= 4 is 11.6 Å². The molecule has 1 amide bonds. The van der Waals surface area contributed by atoms with Gasteiger partial charge in [0.15, 0.2) is 0 Å². The lowest BCUT2D eigenvalue weighted by Gasteiger charge is -2.21. The molecule has 6 nitrogen and oxygen atoms in total. The summed E-state index contributed by atoms with van der Waals surface area (Å²) in [6, 6.07) is 35.7. The minimum Gasteiger partial charge on any atom is -0.457 e. The molecule has 4 rings (SSSR count). The number of aliphatic hydroxyl groups is 1. The quantitative estimate of drug-likeness (QED) is 0.237. The van der Waals surface area contributed by atoms with Crippen molar-refractivity contribution in [2.24, 2.45) is 0 Å². The number of aliphatic hydroxyl groups excluding tert-OH is 1. The largest absolute Gasteiger partial charge is 0.457 e. The molecule has 0 aliphatic heterocycles. The Kier molecular flexibility index (Phi) is 9.84. The normalized spacial score (nSPS) is 12.5. The van der Waals surface area contributed by atoms with Crippen molar-refractivity contribution < 1.29 is 19.4 Å². The highest BCUT2D eigenvalue weighted by Gasteiger charge is 2.20. The maximum absolute atomic E-state index is 13.1. The van der Waals surface area contributed by atoms with E-state index in [0.29, 0.717) is 24.5 Å². The SMILES string of the molecule is O=C(Nc1ccc(Oc2ccccc2)cc1)C(COCc1ccccc1)NCC(O)Cc1ccccc1. The Morgan fingerprint density at radius 1 is 0.730 bits per heavy atom. The molecule has 0 aromatic heterocycles. The second kappa shape index (κ2) is 13.9. The van der Waals surface area contributed by atoms with Crippen molar-refractivity contribution in [3.63, 3.8) is 0 Å². The zero-order chi connectivity index (χ0) is 25.7. The van der Waals surface area contributed by atoms with Crippen LogP contribution < -0.4 is 15.4 Å². The van der Waals surface area contributed by atoms with Crippen molar-refractivity contribution in [1.29, 1.82) is 0 Å².